The van der Waals surface area contributed by atoms with Gasteiger partial charge in [0.15, 0.2) is 0 Å². The van der Waals surface area contributed by atoms with E-state index in [-0.39, 0.29) is 18.2 Å². The molecule has 3 aromatic rings. The first-order valence-electron chi connectivity index (χ1n) is 7.64. The van der Waals surface area contributed by atoms with Crippen LogP contribution in [0.5, 0.6) is 5.75 Å². The lowest BCUT2D eigenvalue weighted by atomic mass is 9.95. The number of phenols is 1. The van der Waals surface area contributed by atoms with E-state index in [1.54, 1.807) is 6.07 Å². The summed E-state index contributed by atoms with van der Waals surface area (Å²) in [5.41, 5.74) is 10.0. The Balaban J connectivity index is 0.00000192. The first-order valence-corrected chi connectivity index (χ1v) is 7.64. The van der Waals surface area contributed by atoms with Crippen molar-refractivity contribution in [1.82, 2.24) is 0 Å². The lowest BCUT2D eigenvalue weighted by molar-refractivity contribution is 0.484. The summed E-state index contributed by atoms with van der Waals surface area (Å²) < 4.78 is 0. The number of rotatable bonds is 3. The number of nitrogens with two attached hydrogens (primary N) is 1. The molecule has 3 rings (SSSR count). The van der Waals surface area contributed by atoms with Gasteiger partial charge in [0.2, 0.25) is 0 Å². The molecule has 0 saturated heterocycles. The normalized spacial score (nSPS) is 10.7. The molecule has 0 heterocycles. The van der Waals surface area contributed by atoms with Crippen LogP contribution in [0.2, 0.25) is 0 Å². The molecule has 0 amide bonds. The second kappa shape index (κ2) is 6.93. The molecule has 3 aromatic carbocycles. The minimum absolute atomic E-state index is 0. The molecular formula is C20H22ClNO. The van der Waals surface area contributed by atoms with Gasteiger partial charge in [0.1, 0.15) is 5.75 Å². The molecule has 3 N–H and O–H groups in total. The summed E-state index contributed by atoms with van der Waals surface area (Å²) in [5.74, 6) is 0.723. The van der Waals surface area contributed by atoms with Gasteiger partial charge in [0, 0.05) is 5.39 Å². The number of anilines is 1. The van der Waals surface area contributed by atoms with Crippen LogP contribution in [0.25, 0.3) is 10.8 Å². The number of benzene rings is 3. The van der Waals surface area contributed by atoms with Crippen molar-refractivity contribution < 1.29 is 5.11 Å². The number of halogens is 1. The maximum absolute atomic E-state index is 10.1. The number of phenolic OH excluding ortho intramolecular Hbond substituents is 1. The van der Waals surface area contributed by atoms with Crippen LogP contribution in [0.3, 0.4) is 0 Å². The van der Waals surface area contributed by atoms with Crippen molar-refractivity contribution in [3.8, 4) is 5.75 Å². The minimum atomic E-state index is 0. The monoisotopic (exact) mass is 327 g/mol. The molecule has 0 aliphatic rings. The SMILES string of the molecule is CC(C)c1ccc(Cc2cccc3c(O)c(N)ccc23)cc1.Cl. The highest BCUT2D eigenvalue weighted by molar-refractivity contribution is 5.94. The molecular weight excluding hydrogens is 306 g/mol. The Morgan fingerprint density at radius 2 is 1.61 bits per heavy atom. The minimum Gasteiger partial charge on any atom is -0.505 e. The number of fused-ring (bicyclic) bond motifs is 1. The van der Waals surface area contributed by atoms with Gasteiger partial charge in [-0.25, -0.2) is 0 Å². The topological polar surface area (TPSA) is 46.2 Å². The van der Waals surface area contributed by atoms with Crippen LogP contribution in [0, 0.1) is 0 Å². The fraction of sp³-hybridized carbons (Fsp3) is 0.200. The van der Waals surface area contributed by atoms with E-state index in [2.05, 4.69) is 44.2 Å². The van der Waals surface area contributed by atoms with Gasteiger partial charge in [0.25, 0.3) is 0 Å². The molecule has 0 saturated carbocycles. The maximum atomic E-state index is 10.1. The number of hydrogen-bond acceptors (Lipinski definition) is 2. The Morgan fingerprint density at radius 1 is 0.913 bits per heavy atom. The van der Waals surface area contributed by atoms with Crippen molar-refractivity contribution in [2.75, 3.05) is 5.73 Å². The Morgan fingerprint density at radius 3 is 2.26 bits per heavy atom. The van der Waals surface area contributed by atoms with Gasteiger partial charge in [-0.3, -0.25) is 0 Å². The third-order valence-corrected chi connectivity index (χ3v) is 4.20. The predicted molar refractivity (Wildman–Crippen MR) is 101 cm³/mol. The lowest BCUT2D eigenvalue weighted by Gasteiger charge is -2.11. The summed E-state index contributed by atoms with van der Waals surface area (Å²) >= 11 is 0. The average molecular weight is 328 g/mol. The molecule has 0 spiro atoms. The molecule has 3 heteroatoms. The summed E-state index contributed by atoms with van der Waals surface area (Å²) in [4.78, 5) is 0. The average Bonchev–Trinajstić information content (AvgIpc) is 2.52. The van der Waals surface area contributed by atoms with Crippen LogP contribution in [-0.4, -0.2) is 5.11 Å². The van der Waals surface area contributed by atoms with Gasteiger partial charge in [-0.1, -0.05) is 62.4 Å². The van der Waals surface area contributed by atoms with Crippen LogP contribution in [0.15, 0.2) is 54.6 Å². The Kier molecular flexibility index (Phi) is 5.17. The first-order chi connectivity index (χ1) is 10.6. The number of nitrogen functional groups attached to an aromatic ring is 1. The highest BCUT2D eigenvalue weighted by atomic mass is 35.5. The van der Waals surface area contributed by atoms with E-state index in [1.165, 1.54) is 16.7 Å². The van der Waals surface area contributed by atoms with Crippen LogP contribution in [0.4, 0.5) is 5.69 Å². The molecule has 0 aromatic heterocycles. The highest BCUT2D eigenvalue weighted by Gasteiger charge is 2.08. The number of aromatic hydroxyl groups is 1. The third kappa shape index (κ3) is 3.43. The highest BCUT2D eigenvalue weighted by Crippen LogP contribution is 2.33. The second-order valence-electron chi connectivity index (χ2n) is 6.09. The Hall–Kier alpha value is -2.19. The second-order valence-corrected chi connectivity index (χ2v) is 6.09. The zero-order chi connectivity index (χ0) is 15.7. The molecule has 2 nitrogen and oxygen atoms in total. The fourth-order valence-electron chi connectivity index (χ4n) is 2.82. The van der Waals surface area contributed by atoms with Crippen LogP contribution < -0.4 is 5.73 Å². The van der Waals surface area contributed by atoms with E-state index in [0.717, 1.165) is 17.2 Å². The Labute approximate surface area is 143 Å². The largest absolute Gasteiger partial charge is 0.505 e. The molecule has 0 unspecified atom stereocenters. The quantitative estimate of drug-likeness (QED) is 0.509. The molecule has 23 heavy (non-hydrogen) atoms. The summed E-state index contributed by atoms with van der Waals surface area (Å²) in [6.07, 6.45) is 0.846. The molecule has 0 atom stereocenters. The molecule has 0 aliphatic carbocycles. The van der Waals surface area contributed by atoms with E-state index in [9.17, 15) is 5.11 Å². The molecule has 0 radical (unpaired) electrons. The van der Waals surface area contributed by atoms with Crippen molar-refractivity contribution in [1.29, 1.82) is 0 Å². The van der Waals surface area contributed by atoms with Gasteiger partial charge in [-0.15, -0.1) is 12.4 Å². The zero-order valence-corrected chi connectivity index (χ0v) is 14.2. The standard InChI is InChI=1S/C20H21NO.ClH/c1-13(2)15-8-6-14(7-9-15)12-16-4-3-5-18-17(16)10-11-19(21)20(18)22;/h3-11,13,22H,12,21H2,1-2H3;1H. The third-order valence-electron chi connectivity index (χ3n) is 4.20. The summed E-state index contributed by atoms with van der Waals surface area (Å²) in [6, 6.07) is 18.5. The summed E-state index contributed by atoms with van der Waals surface area (Å²) in [5, 5.41) is 12.0. The maximum Gasteiger partial charge on any atom is 0.146 e. The van der Waals surface area contributed by atoms with Crippen LogP contribution in [-0.2, 0) is 6.42 Å². The molecule has 0 bridgehead atoms. The summed E-state index contributed by atoms with van der Waals surface area (Å²) in [6.45, 7) is 4.40. The van der Waals surface area contributed by atoms with E-state index < -0.39 is 0 Å². The van der Waals surface area contributed by atoms with Gasteiger partial charge in [0.05, 0.1) is 5.69 Å². The van der Waals surface area contributed by atoms with Crippen molar-refractivity contribution in [2.45, 2.75) is 26.2 Å². The predicted octanol–water partition coefficient (Wildman–Crippen LogP) is 5.26. The molecule has 0 fully saturated rings. The van der Waals surface area contributed by atoms with E-state index in [1.807, 2.05) is 18.2 Å². The van der Waals surface area contributed by atoms with E-state index in [4.69, 9.17) is 5.73 Å². The van der Waals surface area contributed by atoms with Crippen molar-refractivity contribution >= 4 is 28.9 Å². The van der Waals surface area contributed by atoms with Gasteiger partial charge < -0.3 is 10.8 Å². The zero-order valence-electron chi connectivity index (χ0n) is 13.4. The van der Waals surface area contributed by atoms with Crippen LogP contribution in [0.1, 0.15) is 36.5 Å². The number of hydrogen-bond donors (Lipinski definition) is 2. The van der Waals surface area contributed by atoms with Gasteiger partial charge in [-0.2, -0.15) is 0 Å². The van der Waals surface area contributed by atoms with Crippen molar-refractivity contribution in [3.63, 3.8) is 0 Å². The molecule has 120 valence electrons. The van der Waals surface area contributed by atoms with Crippen LogP contribution >= 0.6 is 12.4 Å². The van der Waals surface area contributed by atoms with Gasteiger partial charge >= 0.3 is 0 Å². The van der Waals surface area contributed by atoms with Crippen molar-refractivity contribution in [3.05, 3.63) is 71.3 Å². The fourth-order valence-corrected chi connectivity index (χ4v) is 2.82. The van der Waals surface area contributed by atoms with E-state index in [0.29, 0.717) is 11.6 Å². The lowest BCUT2D eigenvalue weighted by Crippen LogP contribution is -1.93. The summed E-state index contributed by atoms with van der Waals surface area (Å²) in [7, 11) is 0. The first kappa shape index (κ1) is 17.2. The smallest absolute Gasteiger partial charge is 0.146 e. The van der Waals surface area contributed by atoms with Crippen molar-refractivity contribution in [2.24, 2.45) is 0 Å². The van der Waals surface area contributed by atoms with Gasteiger partial charge in [-0.05, 0) is 40.5 Å². The Bertz CT molecular complexity index is 810. The van der Waals surface area contributed by atoms with E-state index >= 15 is 0 Å². The molecule has 0 aliphatic heterocycles.